The second-order valence-corrected chi connectivity index (χ2v) is 3.50. The molecule has 0 bridgehead atoms. The molecule has 5 heteroatoms. The number of rotatable bonds is 5. The minimum atomic E-state index is -0.492. The van der Waals surface area contributed by atoms with Crippen molar-refractivity contribution in [2.75, 3.05) is 20.8 Å². The number of aliphatic hydroxyl groups excluding tert-OH is 1. The maximum Gasteiger partial charge on any atom is 0.337 e. The SMILES string of the molecule is COC(=O)c1cc(CCCO)c(O)c(OC)c1. The van der Waals surface area contributed by atoms with Gasteiger partial charge in [-0.3, -0.25) is 0 Å². The highest BCUT2D eigenvalue weighted by atomic mass is 16.5. The second kappa shape index (κ2) is 6.10. The van der Waals surface area contributed by atoms with Crippen LogP contribution in [0.25, 0.3) is 0 Å². The Balaban J connectivity index is 3.13. The standard InChI is InChI=1S/C12H16O5/c1-16-10-7-9(12(15)17-2)6-8(11(10)14)4-3-5-13/h6-7,13-14H,3-5H2,1-2H3. The predicted molar refractivity (Wildman–Crippen MR) is 61.4 cm³/mol. The summed E-state index contributed by atoms with van der Waals surface area (Å²) in [4.78, 5) is 11.4. The van der Waals surface area contributed by atoms with E-state index in [2.05, 4.69) is 4.74 Å². The molecule has 0 atom stereocenters. The lowest BCUT2D eigenvalue weighted by Gasteiger charge is -2.11. The molecule has 1 aromatic rings. The van der Waals surface area contributed by atoms with Crippen molar-refractivity contribution in [3.8, 4) is 11.5 Å². The number of aromatic hydroxyl groups is 1. The number of carbonyl (C=O) groups excluding carboxylic acids is 1. The van der Waals surface area contributed by atoms with Gasteiger partial charge < -0.3 is 19.7 Å². The van der Waals surface area contributed by atoms with Crippen LogP contribution < -0.4 is 4.74 Å². The number of esters is 1. The van der Waals surface area contributed by atoms with Crippen LogP contribution in [0.3, 0.4) is 0 Å². The molecule has 0 aliphatic carbocycles. The van der Waals surface area contributed by atoms with Crippen molar-refractivity contribution in [2.24, 2.45) is 0 Å². The summed E-state index contributed by atoms with van der Waals surface area (Å²) in [7, 11) is 2.70. The Morgan fingerprint density at radius 3 is 2.59 bits per heavy atom. The zero-order chi connectivity index (χ0) is 12.8. The van der Waals surface area contributed by atoms with Gasteiger partial charge in [0.05, 0.1) is 19.8 Å². The van der Waals surface area contributed by atoms with Crippen LogP contribution in [-0.2, 0) is 11.2 Å². The fraction of sp³-hybridized carbons (Fsp3) is 0.417. The van der Waals surface area contributed by atoms with Gasteiger partial charge in [0.15, 0.2) is 11.5 Å². The molecular formula is C12H16O5. The molecule has 17 heavy (non-hydrogen) atoms. The van der Waals surface area contributed by atoms with E-state index in [1.807, 2.05) is 0 Å². The Bertz CT molecular complexity index is 400. The van der Waals surface area contributed by atoms with E-state index in [0.29, 0.717) is 24.0 Å². The van der Waals surface area contributed by atoms with Crippen LogP contribution in [0.2, 0.25) is 0 Å². The van der Waals surface area contributed by atoms with Gasteiger partial charge in [0.2, 0.25) is 0 Å². The van der Waals surface area contributed by atoms with Gasteiger partial charge in [-0.15, -0.1) is 0 Å². The quantitative estimate of drug-likeness (QED) is 0.754. The van der Waals surface area contributed by atoms with Crippen molar-refractivity contribution < 1.29 is 24.5 Å². The first-order valence-corrected chi connectivity index (χ1v) is 5.23. The molecule has 1 rings (SSSR count). The highest BCUT2D eigenvalue weighted by Gasteiger charge is 2.14. The van der Waals surface area contributed by atoms with E-state index >= 15 is 0 Å². The van der Waals surface area contributed by atoms with E-state index in [-0.39, 0.29) is 18.1 Å². The van der Waals surface area contributed by atoms with Gasteiger partial charge in [-0.2, -0.15) is 0 Å². The fourth-order valence-electron chi connectivity index (χ4n) is 1.52. The van der Waals surface area contributed by atoms with Gasteiger partial charge in [0, 0.05) is 6.61 Å². The van der Waals surface area contributed by atoms with E-state index in [1.54, 1.807) is 6.07 Å². The van der Waals surface area contributed by atoms with Crippen molar-refractivity contribution in [2.45, 2.75) is 12.8 Å². The zero-order valence-electron chi connectivity index (χ0n) is 9.90. The Labute approximate surface area is 99.6 Å². The molecule has 1 aromatic carbocycles. The van der Waals surface area contributed by atoms with E-state index in [4.69, 9.17) is 9.84 Å². The number of ether oxygens (including phenoxy) is 2. The van der Waals surface area contributed by atoms with E-state index in [0.717, 1.165) is 0 Å². The number of aryl methyl sites for hydroxylation is 1. The third-order valence-electron chi connectivity index (χ3n) is 2.40. The monoisotopic (exact) mass is 240 g/mol. The van der Waals surface area contributed by atoms with Crippen LogP contribution in [0.15, 0.2) is 12.1 Å². The third kappa shape index (κ3) is 3.10. The van der Waals surface area contributed by atoms with Crippen LogP contribution in [0.4, 0.5) is 0 Å². The van der Waals surface area contributed by atoms with Crippen LogP contribution in [0.5, 0.6) is 11.5 Å². The normalized spacial score (nSPS) is 10.1. The average molecular weight is 240 g/mol. The summed E-state index contributed by atoms with van der Waals surface area (Å²) in [5, 5.41) is 18.6. The lowest BCUT2D eigenvalue weighted by atomic mass is 10.0. The molecule has 0 aliphatic rings. The molecule has 0 aromatic heterocycles. The van der Waals surface area contributed by atoms with Crippen molar-refractivity contribution >= 4 is 5.97 Å². The van der Waals surface area contributed by atoms with E-state index in [1.165, 1.54) is 20.3 Å². The molecular weight excluding hydrogens is 224 g/mol. The van der Waals surface area contributed by atoms with Crippen molar-refractivity contribution in [1.82, 2.24) is 0 Å². The van der Waals surface area contributed by atoms with Gasteiger partial charge in [0.25, 0.3) is 0 Å². The number of benzene rings is 1. The van der Waals surface area contributed by atoms with Crippen molar-refractivity contribution in [3.63, 3.8) is 0 Å². The summed E-state index contributed by atoms with van der Waals surface area (Å²) in [5.74, 6) is -0.275. The number of carbonyl (C=O) groups is 1. The predicted octanol–water partition coefficient (Wildman–Crippen LogP) is 1.11. The van der Waals surface area contributed by atoms with Gasteiger partial charge in [-0.25, -0.2) is 4.79 Å². The lowest BCUT2D eigenvalue weighted by Crippen LogP contribution is -2.03. The summed E-state index contributed by atoms with van der Waals surface area (Å²) in [6, 6.07) is 2.96. The Kier molecular flexibility index (Phi) is 4.78. The summed E-state index contributed by atoms with van der Waals surface area (Å²) in [5.41, 5.74) is 0.869. The van der Waals surface area contributed by atoms with Gasteiger partial charge in [0.1, 0.15) is 0 Å². The summed E-state index contributed by atoms with van der Waals surface area (Å²) in [6.45, 7) is 0.0181. The first-order chi connectivity index (χ1) is 8.13. The van der Waals surface area contributed by atoms with Gasteiger partial charge in [-0.1, -0.05) is 0 Å². The second-order valence-electron chi connectivity index (χ2n) is 3.50. The molecule has 0 heterocycles. The molecule has 94 valence electrons. The first-order valence-electron chi connectivity index (χ1n) is 5.23. The molecule has 0 unspecified atom stereocenters. The molecule has 2 N–H and O–H groups in total. The number of hydrogen-bond donors (Lipinski definition) is 2. The van der Waals surface area contributed by atoms with E-state index in [9.17, 15) is 9.90 Å². The highest BCUT2D eigenvalue weighted by molar-refractivity contribution is 5.90. The number of phenolic OH excluding ortho intramolecular Hbond substituents is 1. The molecule has 5 nitrogen and oxygen atoms in total. The lowest BCUT2D eigenvalue weighted by molar-refractivity contribution is 0.0600. The van der Waals surface area contributed by atoms with Crippen LogP contribution in [-0.4, -0.2) is 37.0 Å². The first kappa shape index (κ1) is 13.3. The minimum absolute atomic E-state index is 0.00592. The molecule has 0 fully saturated rings. The smallest absolute Gasteiger partial charge is 0.337 e. The van der Waals surface area contributed by atoms with Gasteiger partial charge >= 0.3 is 5.97 Å². The molecule has 0 radical (unpaired) electrons. The summed E-state index contributed by atoms with van der Waals surface area (Å²) in [6.07, 6.45) is 0.963. The average Bonchev–Trinajstić information content (AvgIpc) is 2.36. The molecule has 0 amide bonds. The van der Waals surface area contributed by atoms with Crippen molar-refractivity contribution in [3.05, 3.63) is 23.3 Å². The van der Waals surface area contributed by atoms with Crippen molar-refractivity contribution in [1.29, 1.82) is 0 Å². The molecule has 0 saturated heterocycles. The number of hydrogen-bond acceptors (Lipinski definition) is 5. The summed E-state index contributed by atoms with van der Waals surface area (Å²) >= 11 is 0. The maximum absolute atomic E-state index is 11.4. The van der Waals surface area contributed by atoms with Crippen LogP contribution in [0, 0.1) is 0 Å². The van der Waals surface area contributed by atoms with Crippen LogP contribution in [0.1, 0.15) is 22.3 Å². The summed E-state index contributed by atoms with van der Waals surface area (Å²) < 4.78 is 9.59. The van der Waals surface area contributed by atoms with Crippen LogP contribution >= 0.6 is 0 Å². The Hall–Kier alpha value is -1.75. The highest BCUT2D eigenvalue weighted by Crippen LogP contribution is 2.32. The largest absolute Gasteiger partial charge is 0.504 e. The number of methoxy groups -OCH3 is 2. The topological polar surface area (TPSA) is 76.0 Å². The number of aliphatic hydroxyl groups is 1. The zero-order valence-corrected chi connectivity index (χ0v) is 9.90. The maximum atomic E-state index is 11.4. The Morgan fingerprint density at radius 1 is 1.35 bits per heavy atom. The fourth-order valence-corrected chi connectivity index (χ4v) is 1.52. The Morgan fingerprint density at radius 2 is 2.06 bits per heavy atom. The van der Waals surface area contributed by atoms with Gasteiger partial charge in [-0.05, 0) is 30.5 Å². The number of phenols is 1. The molecule has 0 spiro atoms. The molecule has 0 aliphatic heterocycles. The molecule has 0 saturated carbocycles. The minimum Gasteiger partial charge on any atom is -0.504 e. The third-order valence-corrected chi connectivity index (χ3v) is 2.40. The van der Waals surface area contributed by atoms with E-state index < -0.39 is 5.97 Å².